The van der Waals surface area contributed by atoms with Gasteiger partial charge in [0, 0.05) is 24.4 Å². The van der Waals surface area contributed by atoms with Crippen molar-refractivity contribution in [3.8, 4) is 0 Å². The van der Waals surface area contributed by atoms with Gasteiger partial charge < -0.3 is 5.32 Å². The first-order valence-corrected chi connectivity index (χ1v) is 10.3. The predicted molar refractivity (Wildman–Crippen MR) is 112 cm³/mol. The Balaban J connectivity index is 1.39. The number of hydrogen-bond acceptors (Lipinski definition) is 2. The van der Waals surface area contributed by atoms with E-state index in [9.17, 15) is 13.6 Å². The van der Waals surface area contributed by atoms with Crippen LogP contribution in [0.3, 0.4) is 0 Å². The smallest absolute Gasteiger partial charge is 0.224 e. The highest BCUT2D eigenvalue weighted by atomic mass is 19.1. The number of carbonyl (C=O) groups is 1. The van der Waals surface area contributed by atoms with E-state index in [2.05, 4.69) is 16.4 Å². The molecule has 3 aromatic rings. The normalized spacial score (nSPS) is 16.8. The minimum atomic E-state index is -0.527. The summed E-state index contributed by atoms with van der Waals surface area (Å²) >= 11 is 0. The lowest BCUT2D eigenvalue weighted by Gasteiger charge is -2.19. The molecule has 4 rings (SSSR count). The Hall–Kier alpha value is -3.08. The van der Waals surface area contributed by atoms with Crippen LogP contribution in [0, 0.1) is 17.6 Å². The third-order valence-electron chi connectivity index (χ3n) is 5.91. The molecule has 1 saturated carbocycles. The molecule has 30 heavy (non-hydrogen) atoms. The molecule has 2 aromatic carbocycles. The molecule has 1 amide bonds. The van der Waals surface area contributed by atoms with Crippen LogP contribution in [0.5, 0.6) is 0 Å². The quantitative estimate of drug-likeness (QED) is 0.546. The molecule has 1 N–H and O–H groups in total. The van der Waals surface area contributed by atoms with Crippen LogP contribution in [0.1, 0.15) is 36.0 Å². The number of benzene rings is 2. The third kappa shape index (κ3) is 4.25. The molecule has 3 nitrogen and oxygen atoms in total. The average molecular weight is 406 g/mol. The molecule has 0 saturated heterocycles. The molecule has 0 unspecified atom stereocenters. The van der Waals surface area contributed by atoms with E-state index in [4.69, 9.17) is 0 Å². The summed E-state index contributed by atoms with van der Waals surface area (Å²) in [5, 5.41) is 3.05. The van der Waals surface area contributed by atoms with Gasteiger partial charge in [-0.05, 0) is 72.7 Å². The number of nitrogens with zero attached hydrogens (tertiary/aromatic N) is 1. The monoisotopic (exact) mass is 406 g/mol. The van der Waals surface area contributed by atoms with E-state index in [1.807, 2.05) is 12.3 Å². The lowest BCUT2D eigenvalue weighted by molar-refractivity contribution is -0.122. The van der Waals surface area contributed by atoms with Crippen molar-refractivity contribution in [2.75, 3.05) is 6.54 Å². The second kappa shape index (κ2) is 8.74. The first-order valence-electron chi connectivity index (χ1n) is 10.3. The van der Waals surface area contributed by atoms with Crippen molar-refractivity contribution >= 4 is 5.91 Å². The Morgan fingerprint density at radius 3 is 2.17 bits per heavy atom. The van der Waals surface area contributed by atoms with Crippen molar-refractivity contribution in [3.63, 3.8) is 0 Å². The second-order valence-corrected chi connectivity index (χ2v) is 7.85. The number of amides is 1. The van der Waals surface area contributed by atoms with Gasteiger partial charge in [-0.2, -0.15) is 0 Å². The van der Waals surface area contributed by atoms with Gasteiger partial charge in [0.15, 0.2) is 0 Å². The van der Waals surface area contributed by atoms with E-state index >= 15 is 0 Å². The highest BCUT2D eigenvalue weighted by molar-refractivity contribution is 5.86. The summed E-state index contributed by atoms with van der Waals surface area (Å²) in [5.74, 6) is -0.886. The minimum absolute atomic E-state index is 0.00923. The van der Waals surface area contributed by atoms with Crippen LogP contribution in [0.15, 0.2) is 73.1 Å². The van der Waals surface area contributed by atoms with Gasteiger partial charge in [0.05, 0.1) is 5.92 Å². The molecule has 0 aliphatic heterocycles. The Kier molecular flexibility index (Phi) is 5.88. The number of rotatable bonds is 8. The SMILES string of the molecule is O=C(NCCCCc1cccnc1)[C@H]1CC1(c1ccc(F)cc1)c1ccc(F)cc1. The standard InChI is InChI=1S/C25H24F2N2O/c26-21-10-6-19(7-11-21)25(20-8-12-22(27)13-9-20)16-23(25)24(30)29-15-2-1-4-18-5-3-14-28-17-18/h3,5-14,17,23H,1-2,4,15-16H2,(H,29,30)/t23-/m1/s1. The van der Waals surface area contributed by atoms with Gasteiger partial charge in [-0.1, -0.05) is 30.3 Å². The Morgan fingerprint density at radius 2 is 1.60 bits per heavy atom. The maximum atomic E-state index is 13.4. The number of nitrogens with one attached hydrogen (secondary N) is 1. The second-order valence-electron chi connectivity index (χ2n) is 7.85. The fourth-order valence-corrected chi connectivity index (χ4v) is 4.21. The molecule has 0 spiro atoms. The zero-order valence-corrected chi connectivity index (χ0v) is 16.7. The number of pyridine rings is 1. The van der Waals surface area contributed by atoms with E-state index < -0.39 is 5.41 Å². The maximum absolute atomic E-state index is 13.4. The Bertz CT molecular complexity index is 942. The molecular formula is C25H24F2N2O. The molecule has 5 heteroatoms. The van der Waals surface area contributed by atoms with Crippen LogP contribution in [0.2, 0.25) is 0 Å². The zero-order valence-electron chi connectivity index (χ0n) is 16.7. The van der Waals surface area contributed by atoms with Crippen LogP contribution < -0.4 is 5.32 Å². The van der Waals surface area contributed by atoms with Crippen LogP contribution in [-0.2, 0) is 16.6 Å². The van der Waals surface area contributed by atoms with E-state index in [0.717, 1.165) is 30.4 Å². The number of unbranched alkanes of at least 4 members (excludes halogenated alkanes) is 1. The van der Waals surface area contributed by atoms with E-state index in [-0.39, 0.29) is 23.5 Å². The van der Waals surface area contributed by atoms with Gasteiger partial charge in [0.2, 0.25) is 5.91 Å². The molecule has 0 bridgehead atoms. The molecule has 1 aromatic heterocycles. The van der Waals surface area contributed by atoms with Crippen LogP contribution in [-0.4, -0.2) is 17.4 Å². The van der Waals surface area contributed by atoms with Crippen molar-refractivity contribution in [2.45, 2.75) is 31.1 Å². The summed E-state index contributed by atoms with van der Waals surface area (Å²) in [7, 11) is 0. The molecule has 1 aliphatic rings. The molecule has 1 aliphatic carbocycles. The fourth-order valence-electron chi connectivity index (χ4n) is 4.21. The molecular weight excluding hydrogens is 382 g/mol. The summed E-state index contributed by atoms with van der Waals surface area (Å²) < 4.78 is 26.9. The zero-order chi connectivity index (χ0) is 21.0. The maximum Gasteiger partial charge on any atom is 0.224 e. The van der Waals surface area contributed by atoms with Gasteiger partial charge in [-0.15, -0.1) is 0 Å². The average Bonchev–Trinajstić information content (AvgIpc) is 3.52. The Labute approximate surface area is 175 Å². The summed E-state index contributed by atoms with van der Waals surface area (Å²) in [6.45, 7) is 0.610. The van der Waals surface area contributed by atoms with Crippen molar-refractivity contribution < 1.29 is 13.6 Å². The van der Waals surface area contributed by atoms with Crippen molar-refractivity contribution in [3.05, 3.63) is 101 Å². The summed E-state index contributed by atoms with van der Waals surface area (Å²) in [5.41, 5.74) is 2.43. The van der Waals surface area contributed by atoms with Gasteiger partial charge in [-0.3, -0.25) is 9.78 Å². The van der Waals surface area contributed by atoms with E-state index in [0.29, 0.717) is 13.0 Å². The summed E-state index contributed by atoms with van der Waals surface area (Å²) in [6, 6.07) is 16.5. The predicted octanol–water partition coefficient (Wildman–Crippen LogP) is 4.80. The lowest BCUT2D eigenvalue weighted by Crippen LogP contribution is -2.30. The minimum Gasteiger partial charge on any atom is -0.356 e. The highest BCUT2D eigenvalue weighted by Gasteiger charge is 2.60. The number of aromatic nitrogens is 1. The van der Waals surface area contributed by atoms with Gasteiger partial charge in [0.25, 0.3) is 0 Å². The van der Waals surface area contributed by atoms with E-state index in [1.165, 1.54) is 29.8 Å². The molecule has 0 radical (unpaired) electrons. The molecule has 1 atom stereocenters. The number of hydrogen-bond donors (Lipinski definition) is 1. The van der Waals surface area contributed by atoms with E-state index in [1.54, 1.807) is 30.5 Å². The lowest BCUT2D eigenvalue weighted by atomic mass is 9.85. The number of halogens is 2. The van der Waals surface area contributed by atoms with Gasteiger partial charge in [-0.25, -0.2) is 8.78 Å². The van der Waals surface area contributed by atoms with Crippen LogP contribution >= 0.6 is 0 Å². The van der Waals surface area contributed by atoms with Crippen molar-refractivity contribution in [1.29, 1.82) is 0 Å². The van der Waals surface area contributed by atoms with Gasteiger partial charge in [0.1, 0.15) is 11.6 Å². The highest BCUT2D eigenvalue weighted by Crippen LogP contribution is 2.59. The van der Waals surface area contributed by atoms with Crippen molar-refractivity contribution in [1.82, 2.24) is 10.3 Å². The van der Waals surface area contributed by atoms with Crippen LogP contribution in [0.4, 0.5) is 8.78 Å². The largest absolute Gasteiger partial charge is 0.356 e. The molecule has 1 fully saturated rings. The van der Waals surface area contributed by atoms with Crippen molar-refractivity contribution in [2.24, 2.45) is 5.92 Å². The molecule has 154 valence electrons. The molecule has 1 heterocycles. The first-order chi connectivity index (χ1) is 14.6. The number of aryl methyl sites for hydroxylation is 1. The Morgan fingerprint density at radius 1 is 0.967 bits per heavy atom. The number of carbonyl (C=O) groups excluding carboxylic acids is 1. The fraction of sp³-hybridized carbons (Fsp3) is 0.280. The summed E-state index contributed by atoms with van der Waals surface area (Å²) in [6.07, 6.45) is 7.04. The van der Waals surface area contributed by atoms with Gasteiger partial charge >= 0.3 is 0 Å². The third-order valence-corrected chi connectivity index (χ3v) is 5.91. The topological polar surface area (TPSA) is 42.0 Å². The van der Waals surface area contributed by atoms with Crippen LogP contribution in [0.25, 0.3) is 0 Å². The summed E-state index contributed by atoms with van der Waals surface area (Å²) in [4.78, 5) is 17.0. The first kappa shape index (κ1) is 20.2.